The van der Waals surface area contributed by atoms with Crippen molar-refractivity contribution in [3.8, 4) is 0 Å². The van der Waals surface area contributed by atoms with Crippen LogP contribution < -0.4 is 0 Å². The molecule has 0 amide bonds. The van der Waals surface area contributed by atoms with E-state index in [1.165, 1.54) is 17.3 Å². The van der Waals surface area contributed by atoms with Crippen molar-refractivity contribution in [2.75, 3.05) is 5.75 Å². The Bertz CT molecular complexity index is 749. The number of Topliss-reactive ketones (excluding diaryl/α,β-unsaturated/α-hetero) is 1. The molecule has 0 aliphatic rings. The molecule has 0 fully saturated rings. The first-order valence-corrected chi connectivity index (χ1v) is 8.17. The van der Waals surface area contributed by atoms with Gasteiger partial charge >= 0.3 is 0 Å². The second-order valence-corrected chi connectivity index (χ2v) is 5.86. The second kappa shape index (κ2) is 6.70. The summed E-state index contributed by atoms with van der Waals surface area (Å²) in [6.07, 6.45) is 5.60. The van der Waals surface area contributed by atoms with Crippen LogP contribution in [0.5, 0.6) is 0 Å². The summed E-state index contributed by atoms with van der Waals surface area (Å²) >= 11 is 1.33. The highest BCUT2D eigenvalue weighted by atomic mass is 32.2. The van der Waals surface area contributed by atoms with Crippen LogP contribution in [-0.2, 0) is 6.42 Å². The smallest absolute Gasteiger partial charge is 0.253 e. The summed E-state index contributed by atoms with van der Waals surface area (Å²) in [5.74, 6) is 0.950. The second-order valence-electron chi connectivity index (χ2n) is 4.92. The summed E-state index contributed by atoms with van der Waals surface area (Å²) in [5.41, 5.74) is 1.99. The highest BCUT2D eigenvalue weighted by Gasteiger charge is 2.10. The van der Waals surface area contributed by atoms with E-state index in [0.717, 1.165) is 18.4 Å². The van der Waals surface area contributed by atoms with E-state index in [-0.39, 0.29) is 5.78 Å². The highest BCUT2D eigenvalue weighted by Crippen LogP contribution is 2.16. The lowest BCUT2D eigenvalue weighted by Crippen LogP contribution is -2.02. The minimum Gasteiger partial charge on any atom is -0.293 e. The number of hydrogen-bond acceptors (Lipinski definition) is 5. The fraction of sp³-hybridized carbons (Fsp3) is 0.250. The fourth-order valence-corrected chi connectivity index (χ4v) is 2.85. The van der Waals surface area contributed by atoms with Gasteiger partial charge < -0.3 is 0 Å². The average Bonchev–Trinajstić information content (AvgIpc) is 2.96. The molecule has 0 atom stereocenters. The highest BCUT2D eigenvalue weighted by molar-refractivity contribution is 7.99. The minimum absolute atomic E-state index is 0.0832. The number of thioether (sulfide) groups is 1. The number of aromatic nitrogens is 4. The van der Waals surface area contributed by atoms with E-state index in [0.29, 0.717) is 16.7 Å². The Morgan fingerprint density at radius 1 is 1.27 bits per heavy atom. The van der Waals surface area contributed by atoms with Gasteiger partial charge in [0.1, 0.15) is 0 Å². The zero-order valence-electron chi connectivity index (χ0n) is 12.3. The summed E-state index contributed by atoms with van der Waals surface area (Å²) in [6, 6.07) is 9.63. The van der Waals surface area contributed by atoms with Gasteiger partial charge in [0, 0.05) is 18.0 Å². The third kappa shape index (κ3) is 3.33. The Labute approximate surface area is 132 Å². The zero-order chi connectivity index (χ0) is 15.4. The zero-order valence-corrected chi connectivity index (χ0v) is 13.1. The number of carbonyl (C=O) groups is 1. The summed E-state index contributed by atoms with van der Waals surface area (Å²) in [5, 5.41) is 4.84. The number of fused-ring (bicyclic) bond motifs is 1. The summed E-state index contributed by atoms with van der Waals surface area (Å²) < 4.78 is 1.60. The van der Waals surface area contributed by atoms with Gasteiger partial charge in [0.25, 0.3) is 5.78 Å². The molecule has 3 aromatic rings. The third-order valence-corrected chi connectivity index (χ3v) is 4.08. The number of carbonyl (C=O) groups excluding carboxylic acids is 1. The summed E-state index contributed by atoms with van der Waals surface area (Å²) in [7, 11) is 0. The van der Waals surface area contributed by atoms with Crippen LogP contribution in [0.3, 0.4) is 0 Å². The molecule has 5 nitrogen and oxygen atoms in total. The lowest BCUT2D eigenvalue weighted by atomic mass is 10.1. The molecule has 2 heterocycles. The number of benzene rings is 1. The van der Waals surface area contributed by atoms with Gasteiger partial charge in [-0.15, -0.1) is 5.10 Å². The Balaban J connectivity index is 1.64. The van der Waals surface area contributed by atoms with Crippen LogP contribution in [0.4, 0.5) is 0 Å². The Morgan fingerprint density at radius 3 is 2.82 bits per heavy atom. The normalized spacial score (nSPS) is 11.0. The van der Waals surface area contributed by atoms with Crippen LogP contribution in [0, 0.1) is 0 Å². The summed E-state index contributed by atoms with van der Waals surface area (Å²) in [4.78, 5) is 20.6. The third-order valence-electron chi connectivity index (χ3n) is 3.24. The van der Waals surface area contributed by atoms with Gasteiger partial charge in [-0.3, -0.25) is 4.79 Å². The number of ketones is 1. The van der Waals surface area contributed by atoms with Crippen LogP contribution >= 0.6 is 11.8 Å². The molecule has 0 unspecified atom stereocenters. The van der Waals surface area contributed by atoms with E-state index < -0.39 is 0 Å². The lowest BCUT2D eigenvalue weighted by molar-refractivity contribution is 0.102. The maximum atomic E-state index is 12.2. The van der Waals surface area contributed by atoms with Crippen molar-refractivity contribution in [3.63, 3.8) is 0 Å². The van der Waals surface area contributed by atoms with Crippen molar-refractivity contribution in [1.29, 1.82) is 0 Å². The topological polar surface area (TPSA) is 60.2 Å². The van der Waals surface area contributed by atoms with Gasteiger partial charge in [0.15, 0.2) is 5.78 Å². The van der Waals surface area contributed by atoms with E-state index in [1.807, 2.05) is 24.3 Å². The van der Waals surface area contributed by atoms with E-state index >= 15 is 0 Å². The first-order chi connectivity index (χ1) is 10.8. The van der Waals surface area contributed by atoms with Crippen LogP contribution in [0.2, 0.25) is 0 Å². The largest absolute Gasteiger partial charge is 0.293 e. The molecule has 0 N–H and O–H groups in total. The van der Waals surface area contributed by atoms with E-state index in [1.54, 1.807) is 23.0 Å². The molecule has 0 saturated heterocycles. The van der Waals surface area contributed by atoms with E-state index in [4.69, 9.17) is 0 Å². The molecule has 0 aliphatic heterocycles. The molecule has 1 aromatic carbocycles. The van der Waals surface area contributed by atoms with Gasteiger partial charge in [-0.05, 0) is 18.1 Å². The Morgan fingerprint density at radius 2 is 2.09 bits per heavy atom. The monoisotopic (exact) mass is 312 g/mol. The van der Waals surface area contributed by atoms with E-state index in [9.17, 15) is 4.79 Å². The summed E-state index contributed by atoms with van der Waals surface area (Å²) in [6.45, 7) is 2.15. The predicted molar refractivity (Wildman–Crippen MR) is 86.3 cm³/mol. The maximum Gasteiger partial charge on any atom is 0.253 e. The van der Waals surface area contributed by atoms with Crippen molar-refractivity contribution in [2.24, 2.45) is 0 Å². The Hall–Kier alpha value is -2.21. The number of aryl methyl sites for hydroxylation is 1. The molecule has 6 heteroatoms. The maximum absolute atomic E-state index is 12.2. The standard InChI is InChI=1S/C16H16N4OS/c1-2-4-12-5-7-13(8-6-12)14(21)11-22-16-18-15-17-9-3-10-20(15)19-16/h3,5-10H,2,4,11H2,1H3. The average molecular weight is 312 g/mol. The SMILES string of the molecule is CCCc1ccc(C(=O)CSc2nc3ncccn3n2)cc1. The van der Waals surface area contributed by atoms with Gasteiger partial charge in [-0.1, -0.05) is 49.4 Å². The number of hydrogen-bond donors (Lipinski definition) is 0. The van der Waals surface area contributed by atoms with E-state index in [2.05, 4.69) is 22.0 Å². The molecule has 0 spiro atoms. The van der Waals surface area contributed by atoms with Crippen LogP contribution in [0.1, 0.15) is 29.3 Å². The molecular weight excluding hydrogens is 296 g/mol. The quantitative estimate of drug-likeness (QED) is 0.517. The molecule has 112 valence electrons. The van der Waals surface area contributed by atoms with Crippen molar-refractivity contribution in [1.82, 2.24) is 19.6 Å². The van der Waals surface area contributed by atoms with Crippen molar-refractivity contribution < 1.29 is 4.79 Å². The fourth-order valence-electron chi connectivity index (χ4n) is 2.13. The molecule has 22 heavy (non-hydrogen) atoms. The molecule has 0 radical (unpaired) electrons. The van der Waals surface area contributed by atoms with Gasteiger partial charge in [0.2, 0.25) is 5.16 Å². The van der Waals surface area contributed by atoms with Crippen molar-refractivity contribution in [3.05, 3.63) is 53.9 Å². The Kier molecular flexibility index (Phi) is 4.48. The van der Waals surface area contributed by atoms with Gasteiger partial charge in [0.05, 0.1) is 5.75 Å². The number of rotatable bonds is 6. The van der Waals surface area contributed by atoms with Crippen molar-refractivity contribution in [2.45, 2.75) is 24.9 Å². The van der Waals surface area contributed by atoms with Crippen LogP contribution in [-0.4, -0.2) is 31.1 Å². The van der Waals surface area contributed by atoms with Crippen molar-refractivity contribution >= 4 is 23.3 Å². The van der Waals surface area contributed by atoms with Crippen LogP contribution in [0.15, 0.2) is 47.9 Å². The molecule has 0 bridgehead atoms. The van der Waals surface area contributed by atoms with Crippen LogP contribution in [0.25, 0.3) is 5.78 Å². The lowest BCUT2D eigenvalue weighted by Gasteiger charge is -2.02. The first kappa shape index (κ1) is 14.7. The van der Waals surface area contributed by atoms with Gasteiger partial charge in [-0.2, -0.15) is 4.98 Å². The molecule has 3 rings (SSSR count). The number of nitrogens with zero attached hydrogens (tertiary/aromatic N) is 4. The molecule has 2 aromatic heterocycles. The molecular formula is C16H16N4OS. The first-order valence-electron chi connectivity index (χ1n) is 7.18. The predicted octanol–water partition coefficient (Wildman–Crippen LogP) is 3.05. The molecule has 0 aliphatic carbocycles. The molecule has 0 saturated carbocycles. The van der Waals surface area contributed by atoms with Gasteiger partial charge in [-0.25, -0.2) is 9.50 Å². The minimum atomic E-state index is 0.0832.